The summed E-state index contributed by atoms with van der Waals surface area (Å²) in [6.07, 6.45) is 4.91. The Labute approximate surface area is 167 Å². The zero-order valence-electron chi connectivity index (χ0n) is 16.2. The Morgan fingerprint density at radius 3 is 2.48 bits per heavy atom. The highest BCUT2D eigenvalue weighted by Crippen LogP contribution is 2.29. The molecule has 0 amide bonds. The second kappa shape index (κ2) is 8.88. The molecule has 2 aromatic carbocycles. The zero-order chi connectivity index (χ0) is 20.8. The molecule has 0 saturated heterocycles. The maximum atomic E-state index is 12.1. The fraction of sp³-hybridized carbons (Fsp3) is 0.136. The van der Waals surface area contributed by atoms with Crippen molar-refractivity contribution in [1.82, 2.24) is 0 Å². The predicted octanol–water partition coefficient (Wildman–Crippen LogP) is 3.64. The molecule has 2 aromatic rings. The van der Waals surface area contributed by atoms with E-state index in [1.54, 1.807) is 43.5 Å². The molecule has 1 heterocycles. The third-order valence-corrected chi connectivity index (χ3v) is 3.93. The highest BCUT2D eigenvalue weighted by molar-refractivity contribution is 6.11. The summed E-state index contributed by atoms with van der Waals surface area (Å²) in [5.74, 6) is 0.513. The van der Waals surface area contributed by atoms with E-state index >= 15 is 0 Å². The molecule has 7 nitrogen and oxygen atoms in total. The number of rotatable bonds is 6. The van der Waals surface area contributed by atoms with E-state index in [0.29, 0.717) is 22.8 Å². The molecule has 0 N–H and O–H groups in total. The number of para-hydroxylation sites is 1. The van der Waals surface area contributed by atoms with Crippen LogP contribution in [0.5, 0.6) is 17.2 Å². The highest BCUT2D eigenvalue weighted by atomic mass is 16.6. The fourth-order valence-corrected chi connectivity index (χ4v) is 2.63. The SMILES string of the molecule is COc1ccccc1C=CC1=NC(=Cc2ccc(OC(C)=O)c(OC)c2)C(=O)O1. The first-order valence-electron chi connectivity index (χ1n) is 8.70. The van der Waals surface area contributed by atoms with Crippen LogP contribution in [0.1, 0.15) is 18.1 Å². The quantitative estimate of drug-likeness (QED) is 0.423. The number of esters is 2. The molecule has 1 aliphatic heterocycles. The molecule has 148 valence electrons. The number of ether oxygens (including phenoxy) is 4. The van der Waals surface area contributed by atoms with Crippen molar-refractivity contribution in [2.75, 3.05) is 14.2 Å². The maximum absolute atomic E-state index is 12.1. The van der Waals surface area contributed by atoms with Gasteiger partial charge in [0, 0.05) is 18.6 Å². The topological polar surface area (TPSA) is 83.4 Å². The summed E-state index contributed by atoms with van der Waals surface area (Å²) in [5, 5.41) is 0. The van der Waals surface area contributed by atoms with E-state index in [9.17, 15) is 9.59 Å². The summed E-state index contributed by atoms with van der Waals surface area (Å²) < 4.78 is 20.8. The van der Waals surface area contributed by atoms with Crippen LogP contribution in [0.25, 0.3) is 12.2 Å². The van der Waals surface area contributed by atoms with Crippen molar-refractivity contribution in [3.63, 3.8) is 0 Å². The van der Waals surface area contributed by atoms with Crippen molar-refractivity contribution in [2.45, 2.75) is 6.92 Å². The molecule has 0 atom stereocenters. The monoisotopic (exact) mass is 393 g/mol. The standard InChI is InChI=1S/C22H19NO6/c1-14(24)28-19-10-8-15(13-20(19)27-3)12-17-22(25)29-21(23-17)11-9-16-6-4-5-7-18(16)26-2/h4-13H,1-3H3. The largest absolute Gasteiger partial charge is 0.496 e. The lowest BCUT2D eigenvalue weighted by molar-refractivity contribution is -0.132. The van der Waals surface area contributed by atoms with Crippen LogP contribution in [0.3, 0.4) is 0 Å². The van der Waals surface area contributed by atoms with E-state index in [-0.39, 0.29) is 11.6 Å². The minimum absolute atomic E-state index is 0.145. The third kappa shape index (κ3) is 4.90. The first-order valence-corrected chi connectivity index (χ1v) is 8.70. The van der Waals surface area contributed by atoms with Crippen molar-refractivity contribution in [3.05, 3.63) is 65.4 Å². The average Bonchev–Trinajstić information content (AvgIpc) is 3.06. The van der Waals surface area contributed by atoms with Crippen LogP contribution in [0.2, 0.25) is 0 Å². The molecule has 0 aromatic heterocycles. The molecule has 3 rings (SSSR count). The number of hydrogen-bond donors (Lipinski definition) is 0. The van der Waals surface area contributed by atoms with Gasteiger partial charge < -0.3 is 18.9 Å². The molecular formula is C22H19NO6. The van der Waals surface area contributed by atoms with E-state index < -0.39 is 11.9 Å². The second-order valence-electron chi connectivity index (χ2n) is 5.95. The molecular weight excluding hydrogens is 374 g/mol. The molecule has 7 heteroatoms. The predicted molar refractivity (Wildman–Crippen MR) is 108 cm³/mol. The molecule has 0 saturated carbocycles. The Balaban J connectivity index is 1.83. The summed E-state index contributed by atoms with van der Waals surface area (Å²) in [4.78, 5) is 27.5. The average molecular weight is 393 g/mol. The van der Waals surface area contributed by atoms with E-state index in [1.165, 1.54) is 14.0 Å². The first kappa shape index (κ1) is 19.9. The van der Waals surface area contributed by atoms with Gasteiger partial charge in [-0.15, -0.1) is 0 Å². The van der Waals surface area contributed by atoms with Gasteiger partial charge in [-0.25, -0.2) is 9.79 Å². The molecule has 0 fully saturated rings. The number of cyclic esters (lactones) is 1. The van der Waals surface area contributed by atoms with Crippen LogP contribution < -0.4 is 14.2 Å². The van der Waals surface area contributed by atoms with Gasteiger partial charge in [0.15, 0.2) is 17.2 Å². The smallest absolute Gasteiger partial charge is 0.363 e. The second-order valence-corrected chi connectivity index (χ2v) is 5.95. The first-order chi connectivity index (χ1) is 14.0. The Morgan fingerprint density at radius 2 is 1.76 bits per heavy atom. The number of benzene rings is 2. The van der Waals surface area contributed by atoms with Gasteiger partial charge in [0.2, 0.25) is 5.90 Å². The Morgan fingerprint density at radius 1 is 1.00 bits per heavy atom. The van der Waals surface area contributed by atoms with Gasteiger partial charge in [0.05, 0.1) is 14.2 Å². The Kier molecular flexibility index (Phi) is 6.09. The van der Waals surface area contributed by atoms with Crippen LogP contribution >= 0.6 is 0 Å². The van der Waals surface area contributed by atoms with Crippen molar-refractivity contribution >= 4 is 30.0 Å². The summed E-state index contributed by atoms with van der Waals surface area (Å²) in [5.41, 5.74) is 1.62. The number of nitrogens with zero attached hydrogens (tertiary/aromatic N) is 1. The number of carbonyl (C=O) groups is 2. The van der Waals surface area contributed by atoms with E-state index in [4.69, 9.17) is 18.9 Å². The van der Waals surface area contributed by atoms with Gasteiger partial charge in [0.25, 0.3) is 0 Å². The number of hydrogen-bond acceptors (Lipinski definition) is 7. The van der Waals surface area contributed by atoms with Gasteiger partial charge in [-0.2, -0.15) is 0 Å². The van der Waals surface area contributed by atoms with Gasteiger partial charge in [-0.05, 0) is 35.9 Å². The molecule has 0 unspecified atom stereocenters. The Bertz CT molecular complexity index is 1040. The lowest BCUT2D eigenvalue weighted by Gasteiger charge is -2.08. The summed E-state index contributed by atoms with van der Waals surface area (Å²) >= 11 is 0. The molecule has 0 radical (unpaired) electrons. The molecule has 0 aliphatic carbocycles. The summed E-state index contributed by atoms with van der Waals surface area (Å²) in [7, 11) is 3.05. The maximum Gasteiger partial charge on any atom is 0.363 e. The highest BCUT2D eigenvalue weighted by Gasteiger charge is 2.21. The molecule has 29 heavy (non-hydrogen) atoms. The summed E-state index contributed by atoms with van der Waals surface area (Å²) in [6.45, 7) is 1.30. The minimum Gasteiger partial charge on any atom is -0.496 e. The van der Waals surface area contributed by atoms with Crippen LogP contribution in [0, 0.1) is 0 Å². The lowest BCUT2D eigenvalue weighted by Crippen LogP contribution is -2.03. The van der Waals surface area contributed by atoms with E-state index in [0.717, 1.165) is 5.56 Å². The van der Waals surface area contributed by atoms with E-state index in [2.05, 4.69) is 4.99 Å². The number of aliphatic imine (C=N–C) groups is 1. The minimum atomic E-state index is -0.562. The Hall–Kier alpha value is -3.87. The fourth-order valence-electron chi connectivity index (χ4n) is 2.63. The lowest BCUT2D eigenvalue weighted by atomic mass is 10.1. The summed E-state index contributed by atoms with van der Waals surface area (Å²) in [6, 6.07) is 12.4. The number of methoxy groups -OCH3 is 2. The van der Waals surface area contributed by atoms with Crippen LogP contribution in [0.15, 0.2) is 59.2 Å². The number of carbonyl (C=O) groups excluding carboxylic acids is 2. The van der Waals surface area contributed by atoms with Gasteiger partial charge in [-0.3, -0.25) is 4.79 Å². The van der Waals surface area contributed by atoms with Crippen LogP contribution in [-0.2, 0) is 14.3 Å². The van der Waals surface area contributed by atoms with Crippen molar-refractivity contribution in [3.8, 4) is 17.2 Å². The third-order valence-electron chi connectivity index (χ3n) is 3.93. The van der Waals surface area contributed by atoms with Crippen LogP contribution in [0.4, 0.5) is 0 Å². The molecule has 0 spiro atoms. The van der Waals surface area contributed by atoms with Gasteiger partial charge in [0.1, 0.15) is 5.75 Å². The van der Waals surface area contributed by atoms with Crippen LogP contribution in [-0.4, -0.2) is 32.1 Å². The van der Waals surface area contributed by atoms with Crippen molar-refractivity contribution in [1.29, 1.82) is 0 Å². The molecule has 0 bridgehead atoms. The van der Waals surface area contributed by atoms with Crippen molar-refractivity contribution in [2.24, 2.45) is 4.99 Å². The van der Waals surface area contributed by atoms with Crippen molar-refractivity contribution < 1.29 is 28.5 Å². The zero-order valence-corrected chi connectivity index (χ0v) is 16.2. The van der Waals surface area contributed by atoms with Gasteiger partial charge >= 0.3 is 11.9 Å². The van der Waals surface area contributed by atoms with Gasteiger partial charge in [-0.1, -0.05) is 24.3 Å². The molecule has 1 aliphatic rings. The van der Waals surface area contributed by atoms with E-state index in [1.807, 2.05) is 24.3 Å². The normalized spacial score (nSPS) is 14.7.